The van der Waals surface area contributed by atoms with Gasteiger partial charge in [-0.3, -0.25) is 4.79 Å². The molecule has 0 spiro atoms. The number of halogens is 3. The zero-order valence-electron chi connectivity index (χ0n) is 15.2. The number of hydrogen-bond donors (Lipinski definition) is 1. The van der Waals surface area contributed by atoms with E-state index in [0.717, 1.165) is 11.3 Å². The lowest BCUT2D eigenvalue weighted by Gasteiger charge is -2.31. The molecule has 0 aliphatic carbocycles. The standard InChI is InChI=1S/C19H19F3N2O3S2/c20-19(21,22)16(14-5-2-1-3-6-14)13-17(25)24-10-8-15(9-11-24)23-29(26,27)18-7-4-12-28-18/h1-7,12-13,15,23H,8-11H2/b16-13+. The summed E-state index contributed by atoms with van der Waals surface area (Å²) in [4.78, 5) is 13.7. The maximum Gasteiger partial charge on any atom is 0.417 e. The number of carbonyl (C=O) groups is 1. The molecule has 1 saturated heterocycles. The minimum atomic E-state index is -4.66. The van der Waals surface area contributed by atoms with Crippen molar-refractivity contribution in [3.63, 3.8) is 0 Å². The van der Waals surface area contributed by atoms with Crippen molar-refractivity contribution in [2.45, 2.75) is 29.3 Å². The van der Waals surface area contributed by atoms with E-state index >= 15 is 0 Å². The summed E-state index contributed by atoms with van der Waals surface area (Å²) in [6, 6.07) is 9.93. The van der Waals surface area contributed by atoms with E-state index in [0.29, 0.717) is 18.9 Å². The summed E-state index contributed by atoms with van der Waals surface area (Å²) >= 11 is 1.10. The third-order valence-electron chi connectivity index (χ3n) is 4.55. The fourth-order valence-electron chi connectivity index (χ4n) is 3.07. The summed E-state index contributed by atoms with van der Waals surface area (Å²) in [6.07, 6.45) is -3.38. The molecule has 0 radical (unpaired) electrons. The van der Waals surface area contributed by atoms with Crippen molar-refractivity contribution < 1.29 is 26.4 Å². The van der Waals surface area contributed by atoms with Crippen LogP contribution in [0.1, 0.15) is 18.4 Å². The highest BCUT2D eigenvalue weighted by atomic mass is 32.2. The van der Waals surface area contributed by atoms with Crippen LogP contribution in [-0.2, 0) is 14.8 Å². The predicted molar refractivity (Wildman–Crippen MR) is 105 cm³/mol. The number of hydrogen-bond acceptors (Lipinski definition) is 4. The zero-order valence-corrected chi connectivity index (χ0v) is 16.9. The monoisotopic (exact) mass is 444 g/mol. The van der Waals surface area contributed by atoms with E-state index in [1.54, 1.807) is 17.5 Å². The van der Waals surface area contributed by atoms with Gasteiger partial charge in [-0.05, 0) is 29.9 Å². The number of likely N-dealkylation sites (tertiary alicyclic amines) is 1. The van der Waals surface area contributed by atoms with Crippen molar-refractivity contribution in [1.82, 2.24) is 9.62 Å². The van der Waals surface area contributed by atoms with Gasteiger partial charge in [0.25, 0.3) is 0 Å². The number of alkyl halides is 3. The van der Waals surface area contributed by atoms with Crippen LogP contribution < -0.4 is 4.72 Å². The fourth-order valence-corrected chi connectivity index (χ4v) is 5.39. The molecular weight excluding hydrogens is 425 g/mol. The number of benzene rings is 1. The molecule has 1 aliphatic rings. The average molecular weight is 445 g/mol. The Morgan fingerprint density at radius 3 is 2.31 bits per heavy atom. The van der Waals surface area contributed by atoms with Crippen LogP contribution in [0.15, 0.2) is 58.1 Å². The molecule has 5 nitrogen and oxygen atoms in total. The molecule has 0 bridgehead atoms. The molecule has 3 rings (SSSR count). The molecular formula is C19H19F3N2O3S2. The largest absolute Gasteiger partial charge is 0.417 e. The van der Waals surface area contributed by atoms with Crippen LogP contribution in [0.3, 0.4) is 0 Å². The lowest BCUT2D eigenvalue weighted by molar-refractivity contribution is -0.127. The molecule has 1 amide bonds. The van der Waals surface area contributed by atoms with Crippen molar-refractivity contribution in [1.29, 1.82) is 0 Å². The van der Waals surface area contributed by atoms with E-state index in [1.165, 1.54) is 35.2 Å². The molecule has 1 aliphatic heterocycles. The summed E-state index contributed by atoms with van der Waals surface area (Å²) in [5.41, 5.74) is -1.07. The molecule has 1 N–H and O–H groups in total. The minimum Gasteiger partial charge on any atom is -0.339 e. The van der Waals surface area contributed by atoms with Crippen LogP contribution in [0.4, 0.5) is 13.2 Å². The van der Waals surface area contributed by atoms with E-state index in [-0.39, 0.29) is 28.9 Å². The van der Waals surface area contributed by atoms with Gasteiger partial charge in [0.15, 0.2) is 0 Å². The topological polar surface area (TPSA) is 66.5 Å². The number of nitrogens with one attached hydrogen (secondary N) is 1. The lowest BCUT2D eigenvalue weighted by atomic mass is 10.0. The van der Waals surface area contributed by atoms with Crippen molar-refractivity contribution in [2.75, 3.05) is 13.1 Å². The van der Waals surface area contributed by atoms with Gasteiger partial charge in [-0.1, -0.05) is 36.4 Å². The Kier molecular flexibility index (Phi) is 6.45. The maximum absolute atomic E-state index is 13.4. The van der Waals surface area contributed by atoms with Crippen molar-refractivity contribution >= 4 is 32.8 Å². The summed E-state index contributed by atoms with van der Waals surface area (Å²) in [6.45, 7) is 0.347. The highest BCUT2D eigenvalue weighted by Gasteiger charge is 2.36. The number of sulfonamides is 1. The summed E-state index contributed by atoms with van der Waals surface area (Å²) < 4.78 is 67.6. The summed E-state index contributed by atoms with van der Waals surface area (Å²) in [5.74, 6) is -0.735. The number of thiophene rings is 1. The molecule has 1 fully saturated rings. The SMILES string of the molecule is O=C(/C=C(\c1ccccc1)C(F)(F)F)N1CCC(NS(=O)(=O)c2cccs2)CC1. The second-order valence-electron chi connectivity index (χ2n) is 6.57. The van der Waals surface area contributed by atoms with Gasteiger partial charge >= 0.3 is 6.18 Å². The highest BCUT2D eigenvalue weighted by molar-refractivity contribution is 7.91. The van der Waals surface area contributed by atoms with E-state index in [4.69, 9.17) is 0 Å². The van der Waals surface area contributed by atoms with Gasteiger partial charge in [-0.15, -0.1) is 11.3 Å². The maximum atomic E-state index is 13.4. The number of piperidine rings is 1. The number of allylic oxidation sites excluding steroid dienone is 1. The first kappa shape index (κ1) is 21.5. The fraction of sp³-hybridized carbons (Fsp3) is 0.316. The Labute approximate surface area is 170 Å². The molecule has 156 valence electrons. The molecule has 0 unspecified atom stereocenters. The minimum absolute atomic E-state index is 0.0769. The van der Waals surface area contributed by atoms with Crippen LogP contribution >= 0.6 is 11.3 Å². The van der Waals surface area contributed by atoms with Gasteiger partial charge < -0.3 is 4.90 Å². The smallest absolute Gasteiger partial charge is 0.339 e. The number of carbonyl (C=O) groups excluding carboxylic acids is 1. The van der Waals surface area contributed by atoms with Gasteiger partial charge in [0, 0.05) is 25.2 Å². The van der Waals surface area contributed by atoms with Crippen LogP contribution in [0, 0.1) is 0 Å². The van der Waals surface area contributed by atoms with Crippen LogP contribution in [0.25, 0.3) is 5.57 Å². The first-order valence-corrected chi connectivity index (χ1v) is 11.2. The van der Waals surface area contributed by atoms with Gasteiger partial charge in [0.1, 0.15) is 4.21 Å². The van der Waals surface area contributed by atoms with E-state index in [2.05, 4.69) is 4.72 Å². The van der Waals surface area contributed by atoms with Gasteiger partial charge in [0.2, 0.25) is 15.9 Å². The van der Waals surface area contributed by atoms with E-state index in [9.17, 15) is 26.4 Å². The number of amides is 1. The average Bonchev–Trinajstić information content (AvgIpc) is 3.22. The molecule has 2 heterocycles. The quantitative estimate of drug-likeness (QED) is 0.716. The second kappa shape index (κ2) is 8.68. The predicted octanol–water partition coefficient (Wildman–Crippen LogP) is 3.66. The van der Waals surface area contributed by atoms with Crippen LogP contribution in [-0.4, -0.2) is 44.5 Å². The molecule has 0 saturated carbocycles. The normalized spacial score (nSPS) is 16.8. The van der Waals surface area contributed by atoms with Gasteiger partial charge in [0.05, 0.1) is 5.57 Å². The highest BCUT2D eigenvalue weighted by Crippen LogP contribution is 2.34. The molecule has 2 aromatic rings. The Bertz CT molecular complexity index is 964. The van der Waals surface area contributed by atoms with Gasteiger partial charge in [-0.25, -0.2) is 13.1 Å². The van der Waals surface area contributed by atoms with Crippen molar-refractivity contribution in [3.8, 4) is 0 Å². The summed E-state index contributed by atoms with van der Waals surface area (Å²) in [5, 5.41) is 1.66. The Morgan fingerprint density at radius 2 is 1.76 bits per heavy atom. The van der Waals surface area contributed by atoms with Gasteiger partial charge in [-0.2, -0.15) is 13.2 Å². The van der Waals surface area contributed by atoms with E-state index in [1.807, 2.05) is 0 Å². The van der Waals surface area contributed by atoms with Crippen molar-refractivity contribution in [2.24, 2.45) is 0 Å². The van der Waals surface area contributed by atoms with Crippen LogP contribution in [0.5, 0.6) is 0 Å². The first-order chi connectivity index (χ1) is 13.7. The third-order valence-corrected chi connectivity index (χ3v) is 7.46. The number of nitrogens with zero attached hydrogens (tertiary/aromatic N) is 1. The second-order valence-corrected chi connectivity index (χ2v) is 9.46. The molecule has 1 aromatic carbocycles. The molecule has 10 heteroatoms. The van der Waals surface area contributed by atoms with E-state index < -0.39 is 27.7 Å². The number of rotatable bonds is 5. The molecule has 0 atom stereocenters. The zero-order chi connectivity index (χ0) is 21.1. The first-order valence-electron chi connectivity index (χ1n) is 8.86. The Morgan fingerprint density at radius 1 is 1.10 bits per heavy atom. The molecule has 29 heavy (non-hydrogen) atoms. The third kappa shape index (κ3) is 5.46. The van der Waals surface area contributed by atoms with Crippen molar-refractivity contribution in [3.05, 3.63) is 59.5 Å². The Hall–Kier alpha value is -2.17. The molecule has 1 aromatic heterocycles. The lowest BCUT2D eigenvalue weighted by Crippen LogP contribution is -2.46. The van der Waals surface area contributed by atoms with Crippen LogP contribution in [0.2, 0.25) is 0 Å². The summed E-state index contributed by atoms with van der Waals surface area (Å²) in [7, 11) is -3.62. The Balaban J connectivity index is 1.65.